The molecule has 7 nitrogen and oxygen atoms in total. The van der Waals surface area contributed by atoms with Gasteiger partial charge in [-0.1, -0.05) is 17.7 Å². The minimum atomic E-state index is -0.536. The van der Waals surface area contributed by atoms with Crippen molar-refractivity contribution in [3.05, 3.63) is 53.6 Å². The number of aromatic hydroxyl groups is 1. The monoisotopic (exact) mass is 341 g/mol. The Morgan fingerprint density at radius 3 is 2.56 bits per heavy atom. The van der Waals surface area contributed by atoms with Gasteiger partial charge in [-0.05, 0) is 42.8 Å². The lowest BCUT2D eigenvalue weighted by molar-refractivity contribution is -0.126. The van der Waals surface area contributed by atoms with Gasteiger partial charge in [0.25, 0.3) is 0 Å². The Balaban J connectivity index is 1.83. The van der Waals surface area contributed by atoms with Gasteiger partial charge in [0.15, 0.2) is 11.5 Å². The van der Waals surface area contributed by atoms with Crippen LogP contribution in [-0.2, 0) is 9.59 Å². The zero-order chi connectivity index (χ0) is 18.2. The molecule has 0 atom stereocenters. The lowest BCUT2D eigenvalue weighted by Gasteiger charge is -2.05. The smallest absolute Gasteiger partial charge is 0.249 e. The summed E-state index contributed by atoms with van der Waals surface area (Å²) >= 11 is 0. The van der Waals surface area contributed by atoms with Crippen LogP contribution in [0.15, 0.2) is 47.6 Å². The van der Waals surface area contributed by atoms with E-state index in [4.69, 9.17) is 4.74 Å². The lowest BCUT2D eigenvalue weighted by atomic mass is 10.2. The fraction of sp³-hybridized carbons (Fsp3) is 0.167. The van der Waals surface area contributed by atoms with Crippen LogP contribution >= 0.6 is 0 Å². The topological polar surface area (TPSA) is 100 Å². The molecule has 0 saturated carbocycles. The Bertz CT molecular complexity index is 785. The second-order valence-electron chi connectivity index (χ2n) is 5.32. The summed E-state index contributed by atoms with van der Waals surface area (Å²) in [7, 11) is 1.43. The van der Waals surface area contributed by atoms with Crippen LogP contribution in [0, 0.1) is 6.92 Å². The molecule has 0 aromatic heterocycles. The maximum Gasteiger partial charge on any atom is 0.249 e. The number of methoxy groups -OCH3 is 1. The summed E-state index contributed by atoms with van der Waals surface area (Å²) in [5.41, 5.74) is 4.61. The first-order valence-electron chi connectivity index (χ1n) is 7.53. The number of nitrogens with one attached hydrogen (secondary N) is 2. The van der Waals surface area contributed by atoms with Crippen LogP contribution in [0.4, 0.5) is 5.69 Å². The van der Waals surface area contributed by atoms with E-state index in [1.807, 2.05) is 19.1 Å². The van der Waals surface area contributed by atoms with Crippen LogP contribution < -0.4 is 15.5 Å². The zero-order valence-electron chi connectivity index (χ0n) is 13.9. The molecule has 2 amide bonds. The number of nitrogens with zero attached hydrogens (tertiary/aromatic N) is 1. The molecule has 25 heavy (non-hydrogen) atoms. The largest absolute Gasteiger partial charge is 0.504 e. The molecular weight excluding hydrogens is 322 g/mol. The number of benzene rings is 2. The molecule has 2 aromatic carbocycles. The molecule has 0 saturated heterocycles. The van der Waals surface area contributed by atoms with E-state index in [0.717, 1.165) is 5.56 Å². The molecule has 0 aliphatic carbocycles. The van der Waals surface area contributed by atoms with Gasteiger partial charge in [0.1, 0.15) is 6.42 Å². The SMILES string of the molecule is COc1cc(/C=N/NC(=O)CC(=O)Nc2ccc(C)cc2)ccc1O. The predicted octanol–water partition coefficient (Wildman–Crippen LogP) is 2.19. The first-order chi connectivity index (χ1) is 12.0. The Kier molecular flexibility index (Phi) is 6.11. The standard InChI is InChI=1S/C18H19N3O4/c1-12-3-6-14(7-4-12)20-17(23)10-18(24)21-19-11-13-5-8-15(22)16(9-13)25-2/h3-9,11,22H,10H2,1-2H3,(H,20,23)(H,21,24)/b19-11+. The van der Waals surface area contributed by atoms with Crippen molar-refractivity contribution in [3.63, 3.8) is 0 Å². The molecule has 0 radical (unpaired) electrons. The number of carbonyl (C=O) groups is 2. The minimum absolute atomic E-state index is 0.0106. The minimum Gasteiger partial charge on any atom is -0.504 e. The third-order valence-corrected chi connectivity index (χ3v) is 3.26. The second kappa shape index (κ2) is 8.49. The molecular formula is C18H19N3O4. The number of ether oxygens (including phenoxy) is 1. The molecule has 3 N–H and O–H groups in total. The first kappa shape index (κ1) is 18.0. The van der Waals surface area contributed by atoms with Gasteiger partial charge in [-0.3, -0.25) is 9.59 Å². The van der Waals surface area contributed by atoms with Gasteiger partial charge in [0, 0.05) is 5.69 Å². The van der Waals surface area contributed by atoms with Gasteiger partial charge in [0.2, 0.25) is 11.8 Å². The summed E-state index contributed by atoms with van der Waals surface area (Å²) in [5, 5.41) is 15.9. The molecule has 0 aliphatic heterocycles. The van der Waals surface area contributed by atoms with E-state index in [0.29, 0.717) is 17.0 Å². The number of hydrogen-bond acceptors (Lipinski definition) is 5. The van der Waals surface area contributed by atoms with Crippen LogP contribution in [0.1, 0.15) is 17.5 Å². The van der Waals surface area contributed by atoms with Crippen molar-refractivity contribution in [1.82, 2.24) is 5.43 Å². The second-order valence-corrected chi connectivity index (χ2v) is 5.32. The van der Waals surface area contributed by atoms with Crippen molar-refractivity contribution < 1.29 is 19.4 Å². The molecule has 2 aromatic rings. The van der Waals surface area contributed by atoms with E-state index < -0.39 is 11.8 Å². The average Bonchev–Trinajstić information content (AvgIpc) is 2.58. The number of hydrogen-bond donors (Lipinski definition) is 3. The van der Waals surface area contributed by atoms with Gasteiger partial charge in [0.05, 0.1) is 13.3 Å². The number of phenols is 1. The van der Waals surface area contributed by atoms with Crippen LogP contribution in [0.25, 0.3) is 0 Å². The summed E-state index contributed by atoms with van der Waals surface area (Å²) in [6.45, 7) is 1.95. The predicted molar refractivity (Wildman–Crippen MR) is 94.8 cm³/mol. The Morgan fingerprint density at radius 2 is 1.88 bits per heavy atom. The Labute approximate surface area is 145 Å². The van der Waals surface area contributed by atoms with Crippen LogP contribution in [0.2, 0.25) is 0 Å². The van der Waals surface area contributed by atoms with E-state index in [2.05, 4.69) is 15.8 Å². The summed E-state index contributed by atoms with van der Waals surface area (Å²) in [6.07, 6.45) is 1.04. The van der Waals surface area contributed by atoms with Crippen LogP contribution in [-0.4, -0.2) is 30.2 Å². The highest BCUT2D eigenvalue weighted by Gasteiger charge is 2.09. The highest BCUT2D eigenvalue weighted by Crippen LogP contribution is 2.25. The maximum atomic E-state index is 11.8. The number of phenolic OH excluding ortho intramolecular Hbond substituents is 1. The molecule has 0 aliphatic rings. The van der Waals surface area contributed by atoms with E-state index in [1.54, 1.807) is 24.3 Å². The van der Waals surface area contributed by atoms with E-state index in [-0.39, 0.29) is 12.2 Å². The van der Waals surface area contributed by atoms with E-state index in [1.165, 1.54) is 19.4 Å². The third kappa shape index (κ3) is 5.65. The summed E-state index contributed by atoms with van der Waals surface area (Å²) in [6, 6.07) is 11.9. The molecule has 0 bridgehead atoms. The van der Waals surface area contributed by atoms with Crippen molar-refractivity contribution in [2.24, 2.45) is 5.10 Å². The van der Waals surface area contributed by atoms with Crippen LogP contribution in [0.5, 0.6) is 11.5 Å². The van der Waals surface area contributed by atoms with Crippen molar-refractivity contribution >= 4 is 23.7 Å². The first-order valence-corrected chi connectivity index (χ1v) is 7.53. The fourth-order valence-corrected chi connectivity index (χ4v) is 1.98. The number of amides is 2. The quantitative estimate of drug-likeness (QED) is 0.426. The number of anilines is 1. The summed E-state index contributed by atoms with van der Waals surface area (Å²) < 4.78 is 4.98. The van der Waals surface area contributed by atoms with Crippen molar-refractivity contribution in [2.75, 3.05) is 12.4 Å². The van der Waals surface area contributed by atoms with Gasteiger partial charge in [-0.25, -0.2) is 5.43 Å². The summed E-state index contributed by atoms with van der Waals surface area (Å²) in [5.74, 6) is -0.654. The number of aryl methyl sites for hydroxylation is 1. The molecule has 2 rings (SSSR count). The van der Waals surface area contributed by atoms with Crippen molar-refractivity contribution in [1.29, 1.82) is 0 Å². The van der Waals surface area contributed by atoms with Gasteiger partial charge < -0.3 is 15.2 Å². The molecule has 0 spiro atoms. The van der Waals surface area contributed by atoms with Crippen molar-refractivity contribution in [3.8, 4) is 11.5 Å². The number of carbonyl (C=O) groups excluding carboxylic acids is 2. The average molecular weight is 341 g/mol. The van der Waals surface area contributed by atoms with Crippen LogP contribution in [0.3, 0.4) is 0 Å². The van der Waals surface area contributed by atoms with Gasteiger partial charge >= 0.3 is 0 Å². The maximum absolute atomic E-state index is 11.8. The third-order valence-electron chi connectivity index (χ3n) is 3.26. The van der Waals surface area contributed by atoms with Crippen molar-refractivity contribution in [2.45, 2.75) is 13.3 Å². The zero-order valence-corrected chi connectivity index (χ0v) is 13.9. The molecule has 7 heteroatoms. The van der Waals surface area contributed by atoms with E-state index >= 15 is 0 Å². The Morgan fingerprint density at radius 1 is 1.16 bits per heavy atom. The van der Waals surface area contributed by atoms with Gasteiger partial charge in [-0.15, -0.1) is 0 Å². The molecule has 0 fully saturated rings. The normalized spacial score (nSPS) is 10.5. The number of hydrazone groups is 1. The lowest BCUT2D eigenvalue weighted by Crippen LogP contribution is -2.24. The fourth-order valence-electron chi connectivity index (χ4n) is 1.98. The Hall–Kier alpha value is -3.35. The van der Waals surface area contributed by atoms with Gasteiger partial charge in [-0.2, -0.15) is 5.10 Å². The molecule has 0 heterocycles. The number of rotatable bonds is 6. The highest BCUT2D eigenvalue weighted by atomic mass is 16.5. The molecule has 0 unspecified atom stereocenters. The highest BCUT2D eigenvalue weighted by molar-refractivity contribution is 6.03. The van der Waals surface area contributed by atoms with E-state index in [9.17, 15) is 14.7 Å². The summed E-state index contributed by atoms with van der Waals surface area (Å²) in [4.78, 5) is 23.5. The molecule has 130 valence electrons.